The van der Waals surface area contributed by atoms with E-state index in [1.165, 1.54) is 18.4 Å². The SMILES string of the molecule is COCc1nnc(CNc2cccc(C3CC3)c2)s1. The Morgan fingerprint density at radius 1 is 1.32 bits per heavy atom. The summed E-state index contributed by atoms with van der Waals surface area (Å²) in [6.07, 6.45) is 2.67. The molecule has 0 saturated heterocycles. The highest BCUT2D eigenvalue weighted by atomic mass is 32.1. The number of rotatable bonds is 6. The van der Waals surface area contributed by atoms with Gasteiger partial charge in [0.05, 0.1) is 13.2 Å². The molecule has 1 aliphatic carbocycles. The molecule has 0 unspecified atom stereocenters. The number of methoxy groups -OCH3 is 1. The molecule has 1 fully saturated rings. The van der Waals surface area contributed by atoms with Gasteiger partial charge in [-0.05, 0) is 36.5 Å². The first-order chi connectivity index (χ1) is 9.35. The van der Waals surface area contributed by atoms with Crippen molar-refractivity contribution in [3.63, 3.8) is 0 Å². The predicted molar refractivity (Wildman–Crippen MR) is 76.4 cm³/mol. The summed E-state index contributed by atoms with van der Waals surface area (Å²) < 4.78 is 5.04. The normalized spacial score (nSPS) is 14.6. The van der Waals surface area contributed by atoms with Crippen molar-refractivity contribution in [2.24, 2.45) is 0 Å². The third-order valence-electron chi connectivity index (χ3n) is 3.16. The van der Waals surface area contributed by atoms with Crippen LogP contribution in [0.4, 0.5) is 5.69 Å². The van der Waals surface area contributed by atoms with E-state index in [9.17, 15) is 0 Å². The number of nitrogens with one attached hydrogen (secondary N) is 1. The van der Waals surface area contributed by atoms with E-state index in [1.54, 1.807) is 18.4 Å². The van der Waals surface area contributed by atoms with Gasteiger partial charge in [-0.3, -0.25) is 0 Å². The van der Waals surface area contributed by atoms with Gasteiger partial charge in [-0.15, -0.1) is 10.2 Å². The van der Waals surface area contributed by atoms with Crippen molar-refractivity contribution in [3.8, 4) is 0 Å². The zero-order valence-corrected chi connectivity index (χ0v) is 11.7. The summed E-state index contributed by atoms with van der Waals surface area (Å²) in [6, 6.07) is 8.68. The zero-order valence-electron chi connectivity index (χ0n) is 10.9. The molecule has 4 nitrogen and oxygen atoms in total. The lowest BCUT2D eigenvalue weighted by Gasteiger charge is -2.06. The minimum atomic E-state index is 0.537. The standard InChI is InChI=1S/C14H17N3OS/c1-18-9-14-17-16-13(19-14)8-15-12-4-2-3-11(7-12)10-5-6-10/h2-4,7,10,15H,5-6,8-9H2,1H3. The molecule has 100 valence electrons. The third-order valence-corrected chi connectivity index (χ3v) is 4.05. The number of nitrogens with zero attached hydrogens (tertiary/aromatic N) is 2. The predicted octanol–water partition coefficient (Wildman–Crippen LogP) is 3.17. The van der Waals surface area contributed by atoms with E-state index < -0.39 is 0 Å². The minimum Gasteiger partial charge on any atom is -0.378 e. The molecular weight excluding hydrogens is 258 g/mol. The van der Waals surface area contributed by atoms with Crippen LogP contribution < -0.4 is 5.32 Å². The molecule has 0 aliphatic heterocycles. The highest BCUT2D eigenvalue weighted by Crippen LogP contribution is 2.40. The smallest absolute Gasteiger partial charge is 0.143 e. The van der Waals surface area contributed by atoms with Crippen LogP contribution in [0.1, 0.15) is 34.3 Å². The Morgan fingerprint density at radius 3 is 2.95 bits per heavy atom. The van der Waals surface area contributed by atoms with E-state index in [0.717, 1.165) is 28.2 Å². The molecule has 1 aromatic heterocycles. The first kappa shape index (κ1) is 12.6. The van der Waals surface area contributed by atoms with Gasteiger partial charge in [-0.1, -0.05) is 23.5 Å². The van der Waals surface area contributed by atoms with Gasteiger partial charge in [-0.2, -0.15) is 0 Å². The van der Waals surface area contributed by atoms with Gasteiger partial charge in [0.2, 0.25) is 0 Å². The average Bonchev–Trinajstić information content (AvgIpc) is 3.19. The van der Waals surface area contributed by atoms with Crippen LogP contribution >= 0.6 is 11.3 Å². The zero-order chi connectivity index (χ0) is 13.1. The number of benzene rings is 1. The van der Waals surface area contributed by atoms with E-state index in [0.29, 0.717) is 6.61 Å². The van der Waals surface area contributed by atoms with Crippen molar-refractivity contribution in [2.45, 2.75) is 31.9 Å². The highest BCUT2D eigenvalue weighted by Gasteiger charge is 2.23. The number of hydrogen-bond donors (Lipinski definition) is 1. The summed E-state index contributed by atoms with van der Waals surface area (Å²) in [7, 11) is 1.67. The highest BCUT2D eigenvalue weighted by molar-refractivity contribution is 7.11. The summed E-state index contributed by atoms with van der Waals surface area (Å²) in [5.41, 5.74) is 2.61. The van der Waals surface area contributed by atoms with Crippen molar-refractivity contribution < 1.29 is 4.74 Å². The molecule has 0 bridgehead atoms. The Labute approximate surface area is 116 Å². The quantitative estimate of drug-likeness (QED) is 0.879. The fraction of sp³-hybridized carbons (Fsp3) is 0.429. The van der Waals surface area contributed by atoms with Crippen LogP contribution in [-0.2, 0) is 17.9 Å². The van der Waals surface area contributed by atoms with Gasteiger partial charge < -0.3 is 10.1 Å². The van der Waals surface area contributed by atoms with E-state index >= 15 is 0 Å². The van der Waals surface area contributed by atoms with Crippen molar-refractivity contribution >= 4 is 17.0 Å². The molecule has 1 saturated carbocycles. The fourth-order valence-electron chi connectivity index (χ4n) is 2.04. The molecule has 0 spiro atoms. The molecular formula is C14H17N3OS. The minimum absolute atomic E-state index is 0.537. The van der Waals surface area contributed by atoms with Crippen LogP contribution in [-0.4, -0.2) is 17.3 Å². The third kappa shape index (κ3) is 3.30. The molecule has 0 radical (unpaired) electrons. The molecule has 3 rings (SSSR count). The topological polar surface area (TPSA) is 47.0 Å². The maximum absolute atomic E-state index is 5.04. The Balaban J connectivity index is 1.59. The van der Waals surface area contributed by atoms with E-state index in [1.807, 2.05) is 0 Å². The number of ether oxygens (including phenoxy) is 1. The molecule has 5 heteroatoms. The second-order valence-electron chi connectivity index (χ2n) is 4.78. The monoisotopic (exact) mass is 275 g/mol. The fourth-order valence-corrected chi connectivity index (χ4v) is 2.79. The molecule has 2 aromatic rings. The Kier molecular flexibility index (Phi) is 3.75. The molecule has 1 aromatic carbocycles. The van der Waals surface area contributed by atoms with Gasteiger partial charge in [0.15, 0.2) is 0 Å². The maximum atomic E-state index is 5.04. The van der Waals surface area contributed by atoms with Crippen molar-refractivity contribution in [1.29, 1.82) is 0 Å². The van der Waals surface area contributed by atoms with Crippen LogP contribution in [0, 0.1) is 0 Å². The van der Waals surface area contributed by atoms with Crippen LogP contribution in [0.2, 0.25) is 0 Å². The first-order valence-corrected chi connectivity index (χ1v) is 7.31. The molecule has 1 heterocycles. The lowest BCUT2D eigenvalue weighted by atomic mass is 10.1. The largest absolute Gasteiger partial charge is 0.378 e. The lowest BCUT2D eigenvalue weighted by Crippen LogP contribution is -1.99. The Bertz CT molecular complexity index is 551. The second-order valence-corrected chi connectivity index (χ2v) is 5.92. The van der Waals surface area contributed by atoms with Gasteiger partial charge in [0.1, 0.15) is 10.0 Å². The lowest BCUT2D eigenvalue weighted by molar-refractivity contribution is 0.184. The van der Waals surface area contributed by atoms with Gasteiger partial charge in [-0.25, -0.2) is 0 Å². The summed E-state index contributed by atoms with van der Waals surface area (Å²) in [6.45, 7) is 1.25. The summed E-state index contributed by atoms with van der Waals surface area (Å²) in [5, 5.41) is 13.5. The summed E-state index contributed by atoms with van der Waals surface area (Å²) in [4.78, 5) is 0. The van der Waals surface area contributed by atoms with Gasteiger partial charge >= 0.3 is 0 Å². The van der Waals surface area contributed by atoms with E-state index in [-0.39, 0.29) is 0 Å². The maximum Gasteiger partial charge on any atom is 0.143 e. The second kappa shape index (κ2) is 5.67. The molecule has 19 heavy (non-hydrogen) atoms. The van der Waals surface area contributed by atoms with E-state index in [2.05, 4.69) is 39.8 Å². The molecule has 0 amide bonds. The number of anilines is 1. The summed E-state index contributed by atoms with van der Waals surface area (Å²) >= 11 is 1.59. The van der Waals surface area contributed by atoms with Crippen molar-refractivity contribution in [3.05, 3.63) is 39.8 Å². The average molecular weight is 275 g/mol. The Morgan fingerprint density at radius 2 is 2.16 bits per heavy atom. The molecule has 1 aliphatic rings. The summed E-state index contributed by atoms with van der Waals surface area (Å²) in [5.74, 6) is 0.789. The van der Waals surface area contributed by atoms with Crippen LogP contribution in [0.5, 0.6) is 0 Å². The van der Waals surface area contributed by atoms with Crippen LogP contribution in [0.25, 0.3) is 0 Å². The van der Waals surface area contributed by atoms with E-state index in [4.69, 9.17) is 4.74 Å². The Hall–Kier alpha value is -1.46. The number of hydrogen-bond acceptors (Lipinski definition) is 5. The van der Waals surface area contributed by atoms with Crippen LogP contribution in [0.15, 0.2) is 24.3 Å². The number of aromatic nitrogens is 2. The molecule has 0 atom stereocenters. The first-order valence-electron chi connectivity index (χ1n) is 6.49. The van der Waals surface area contributed by atoms with Crippen molar-refractivity contribution in [2.75, 3.05) is 12.4 Å². The van der Waals surface area contributed by atoms with Crippen molar-refractivity contribution in [1.82, 2.24) is 10.2 Å². The van der Waals surface area contributed by atoms with Crippen LogP contribution in [0.3, 0.4) is 0 Å². The molecule has 1 N–H and O–H groups in total. The van der Waals surface area contributed by atoms with Gasteiger partial charge in [0, 0.05) is 12.8 Å². The van der Waals surface area contributed by atoms with Gasteiger partial charge in [0.25, 0.3) is 0 Å².